The van der Waals surface area contributed by atoms with Crippen LogP contribution in [-0.4, -0.2) is 71.2 Å². The van der Waals surface area contributed by atoms with Crippen LogP contribution >= 0.6 is 0 Å². The maximum atomic E-state index is 13.8. The van der Waals surface area contributed by atoms with E-state index in [4.69, 9.17) is 4.84 Å². The predicted octanol–water partition coefficient (Wildman–Crippen LogP) is 3.82. The van der Waals surface area contributed by atoms with Crippen LogP contribution in [-0.2, 0) is 11.4 Å². The van der Waals surface area contributed by atoms with Crippen molar-refractivity contribution in [3.8, 4) is 0 Å². The second kappa shape index (κ2) is 10.2. The van der Waals surface area contributed by atoms with Gasteiger partial charge in [0.15, 0.2) is 11.6 Å². The zero-order chi connectivity index (χ0) is 24.3. The summed E-state index contributed by atoms with van der Waals surface area (Å²) < 4.78 is 27.2. The Balaban J connectivity index is 1.23. The van der Waals surface area contributed by atoms with Crippen molar-refractivity contribution in [3.63, 3.8) is 0 Å². The number of rotatable bonds is 7. The van der Waals surface area contributed by atoms with Gasteiger partial charge in [-0.15, -0.1) is 0 Å². The predicted molar refractivity (Wildman–Crippen MR) is 131 cm³/mol. The minimum Gasteiger partial charge on any atom is -0.396 e. The Morgan fingerprint density at radius 3 is 2.74 bits per heavy atom. The summed E-state index contributed by atoms with van der Waals surface area (Å²) in [5.74, 6) is -1.83. The standard InChI is InChI=1S/C26H30F2N6O/c1-2-35-31-25(21-4-5-22(27)23(28)15-21)24-6-3-20(16-30-24)17-32-11-7-26(18-32)8-12-34(19-26)33-13-9-29-10-14-33/h3-6,9-10,13,15-16H,2,7-8,11-12,14,17-19H2,1H3. The molecule has 0 saturated carbocycles. The highest BCUT2D eigenvalue weighted by Crippen LogP contribution is 2.40. The van der Waals surface area contributed by atoms with E-state index in [1.54, 1.807) is 0 Å². The molecule has 0 N–H and O–H groups in total. The van der Waals surface area contributed by atoms with Gasteiger partial charge in [-0.1, -0.05) is 11.2 Å². The van der Waals surface area contributed by atoms with Gasteiger partial charge in [0.25, 0.3) is 0 Å². The average Bonchev–Trinajstić information content (AvgIpc) is 3.49. The van der Waals surface area contributed by atoms with Crippen LogP contribution in [0.3, 0.4) is 0 Å². The van der Waals surface area contributed by atoms with Gasteiger partial charge >= 0.3 is 0 Å². The molecule has 1 atom stereocenters. The molecule has 0 radical (unpaired) electrons. The summed E-state index contributed by atoms with van der Waals surface area (Å²) in [7, 11) is 0. The van der Waals surface area contributed by atoms with Gasteiger partial charge in [-0.2, -0.15) is 0 Å². The maximum absolute atomic E-state index is 13.8. The van der Waals surface area contributed by atoms with Crippen LogP contribution in [0.25, 0.3) is 0 Å². The third-order valence-corrected chi connectivity index (χ3v) is 6.95. The van der Waals surface area contributed by atoms with E-state index in [9.17, 15) is 8.78 Å². The number of aromatic nitrogens is 1. The monoisotopic (exact) mass is 480 g/mol. The first-order valence-corrected chi connectivity index (χ1v) is 12.1. The third kappa shape index (κ3) is 5.26. The van der Waals surface area contributed by atoms with E-state index in [2.05, 4.69) is 36.2 Å². The maximum Gasteiger partial charge on any atom is 0.159 e. The van der Waals surface area contributed by atoms with Crippen molar-refractivity contribution >= 4 is 11.9 Å². The quantitative estimate of drug-likeness (QED) is 0.446. The summed E-state index contributed by atoms with van der Waals surface area (Å²) in [4.78, 5) is 16.5. The summed E-state index contributed by atoms with van der Waals surface area (Å²) in [6.07, 6.45) is 10.1. The fraction of sp³-hybridized carbons (Fsp3) is 0.423. The van der Waals surface area contributed by atoms with Crippen LogP contribution in [0.5, 0.6) is 0 Å². The highest BCUT2D eigenvalue weighted by Gasteiger charge is 2.44. The molecule has 2 fully saturated rings. The summed E-state index contributed by atoms with van der Waals surface area (Å²) in [6, 6.07) is 7.56. The molecule has 1 aromatic heterocycles. The number of nitrogens with zero attached hydrogens (tertiary/aromatic N) is 6. The first kappa shape index (κ1) is 23.6. The molecule has 0 aliphatic carbocycles. The van der Waals surface area contributed by atoms with Crippen LogP contribution in [0.2, 0.25) is 0 Å². The van der Waals surface area contributed by atoms with Gasteiger partial charge < -0.3 is 9.85 Å². The van der Waals surface area contributed by atoms with Gasteiger partial charge in [-0.05, 0) is 56.1 Å². The van der Waals surface area contributed by atoms with Gasteiger partial charge in [0, 0.05) is 62.0 Å². The number of benzene rings is 1. The summed E-state index contributed by atoms with van der Waals surface area (Å²) in [5.41, 5.74) is 2.78. The minimum atomic E-state index is -0.929. The third-order valence-electron chi connectivity index (χ3n) is 6.95. The average molecular weight is 481 g/mol. The lowest BCUT2D eigenvalue weighted by molar-refractivity contribution is 0.0501. The molecule has 0 bridgehead atoms. The first-order valence-electron chi connectivity index (χ1n) is 12.1. The smallest absolute Gasteiger partial charge is 0.159 e. The molecule has 3 aliphatic heterocycles. The summed E-state index contributed by atoms with van der Waals surface area (Å²) >= 11 is 0. The van der Waals surface area contributed by atoms with E-state index >= 15 is 0 Å². The molecule has 184 valence electrons. The lowest BCUT2D eigenvalue weighted by Gasteiger charge is -2.32. The highest BCUT2D eigenvalue weighted by atomic mass is 19.2. The Hall–Kier alpha value is -3.17. The molecule has 3 aliphatic rings. The Labute approximate surface area is 204 Å². The van der Waals surface area contributed by atoms with Gasteiger partial charge in [0.1, 0.15) is 12.3 Å². The summed E-state index contributed by atoms with van der Waals surface area (Å²) in [5, 5.41) is 8.82. The highest BCUT2D eigenvalue weighted by molar-refractivity contribution is 6.11. The van der Waals surface area contributed by atoms with Crippen molar-refractivity contribution < 1.29 is 13.6 Å². The molecule has 1 aromatic carbocycles. The van der Waals surface area contributed by atoms with Gasteiger partial charge in [-0.3, -0.25) is 14.9 Å². The molecule has 0 amide bonds. The SMILES string of the molecule is CCON=C(c1ccc(F)c(F)c1)c1ccc(CN2CCC3(CCN(N4C=CN=CC4)C3)C2)cn1. The van der Waals surface area contributed by atoms with E-state index in [0.717, 1.165) is 57.0 Å². The minimum absolute atomic E-state index is 0.333. The fourth-order valence-electron chi connectivity index (χ4n) is 5.14. The molecular formula is C26H30F2N6O. The molecule has 1 spiro atoms. The Bertz CT molecular complexity index is 1140. The van der Waals surface area contributed by atoms with Crippen molar-refractivity contribution in [1.82, 2.24) is 19.9 Å². The van der Waals surface area contributed by atoms with Crippen molar-refractivity contribution in [2.45, 2.75) is 26.3 Å². The lowest BCUT2D eigenvalue weighted by Crippen LogP contribution is -2.41. The van der Waals surface area contributed by atoms with Crippen LogP contribution in [0.4, 0.5) is 8.78 Å². The number of oxime groups is 1. The number of aliphatic imine (C=N–C) groups is 1. The van der Waals surface area contributed by atoms with Crippen molar-refractivity contribution in [2.24, 2.45) is 15.6 Å². The van der Waals surface area contributed by atoms with E-state index < -0.39 is 11.6 Å². The van der Waals surface area contributed by atoms with E-state index in [1.807, 2.05) is 37.7 Å². The first-order chi connectivity index (χ1) is 17.0. The number of hydrogen-bond donors (Lipinski definition) is 0. The second-order valence-electron chi connectivity index (χ2n) is 9.39. The molecular weight excluding hydrogens is 450 g/mol. The Kier molecular flexibility index (Phi) is 6.88. The Morgan fingerprint density at radius 2 is 2.00 bits per heavy atom. The zero-order valence-corrected chi connectivity index (χ0v) is 19.9. The fourth-order valence-corrected chi connectivity index (χ4v) is 5.14. The molecule has 35 heavy (non-hydrogen) atoms. The van der Waals surface area contributed by atoms with Crippen LogP contribution in [0.15, 0.2) is 59.1 Å². The molecule has 2 aromatic rings. The van der Waals surface area contributed by atoms with Crippen molar-refractivity contribution in [2.75, 3.05) is 39.3 Å². The van der Waals surface area contributed by atoms with Crippen LogP contribution in [0, 0.1) is 17.0 Å². The Morgan fingerprint density at radius 1 is 1.11 bits per heavy atom. The van der Waals surface area contributed by atoms with Crippen LogP contribution < -0.4 is 0 Å². The number of likely N-dealkylation sites (tertiary alicyclic amines) is 1. The molecule has 9 heteroatoms. The van der Waals surface area contributed by atoms with E-state index in [0.29, 0.717) is 29.0 Å². The molecule has 7 nitrogen and oxygen atoms in total. The number of hydrazine groups is 1. The van der Waals surface area contributed by atoms with E-state index in [-0.39, 0.29) is 0 Å². The van der Waals surface area contributed by atoms with Gasteiger partial charge in [-0.25, -0.2) is 13.8 Å². The normalized spacial score (nSPS) is 23.1. The van der Waals surface area contributed by atoms with Gasteiger partial charge in [0.2, 0.25) is 0 Å². The molecule has 2 saturated heterocycles. The van der Waals surface area contributed by atoms with Gasteiger partial charge in [0.05, 0.1) is 12.2 Å². The zero-order valence-electron chi connectivity index (χ0n) is 19.9. The van der Waals surface area contributed by atoms with Crippen LogP contribution in [0.1, 0.15) is 36.6 Å². The van der Waals surface area contributed by atoms with Crippen molar-refractivity contribution in [1.29, 1.82) is 0 Å². The largest absolute Gasteiger partial charge is 0.396 e. The van der Waals surface area contributed by atoms with E-state index in [1.165, 1.54) is 18.9 Å². The van der Waals surface area contributed by atoms with Crippen molar-refractivity contribution in [3.05, 3.63) is 77.4 Å². The lowest BCUT2D eigenvalue weighted by atomic mass is 9.86. The number of pyridine rings is 1. The topological polar surface area (TPSA) is 56.6 Å². The molecule has 5 rings (SSSR count). The number of hydrogen-bond acceptors (Lipinski definition) is 7. The molecule has 1 unspecified atom stereocenters. The second-order valence-corrected chi connectivity index (χ2v) is 9.39. The summed E-state index contributed by atoms with van der Waals surface area (Å²) in [6.45, 7) is 8.13. The molecule has 4 heterocycles. The number of halogens is 2.